The lowest BCUT2D eigenvalue weighted by Crippen LogP contribution is -2.54. The number of hydrogen-bond donors (Lipinski definition) is 1. The molecule has 0 saturated carbocycles. The van der Waals surface area contributed by atoms with E-state index >= 15 is 0 Å². The number of morpholine rings is 1. The van der Waals surface area contributed by atoms with Crippen LogP contribution in [0.15, 0.2) is 18.2 Å². The van der Waals surface area contributed by atoms with Crippen LogP contribution < -0.4 is 5.32 Å². The largest absolute Gasteiger partial charge is 0.379 e. The topological polar surface area (TPSA) is 24.5 Å². The van der Waals surface area contributed by atoms with Crippen molar-refractivity contribution >= 4 is 23.2 Å². The predicted octanol–water partition coefficient (Wildman–Crippen LogP) is 3.75. The van der Waals surface area contributed by atoms with E-state index in [1.54, 1.807) is 0 Å². The first kappa shape index (κ1) is 17.0. The van der Waals surface area contributed by atoms with Crippen LogP contribution in [0.3, 0.4) is 0 Å². The van der Waals surface area contributed by atoms with Gasteiger partial charge in [0.2, 0.25) is 0 Å². The average molecular weight is 331 g/mol. The SMILES string of the molecule is CC(NCC(C)(C)N1CCOCC1)c1cc(Cl)ccc1Cl. The van der Waals surface area contributed by atoms with Gasteiger partial charge in [-0.3, -0.25) is 4.90 Å². The fourth-order valence-corrected chi connectivity index (χ4v) is 3.10. The van der Waals surface area contributed by atoms with E-state index in [0.717, 1.165) is 48.5 Å². The molecule has 0 amide bonds. The van der Waals surface area contributed by atoms with Gasteiger partial charge >= 0.3 is 0 Å². The van der Waals surface area contributed by atoms with E-state index in [9.17, 15) is 0 Å². The molecule has 1 heterocycles. The minimum Gasteiger partial charge on any atom is -0.379 e. The molecule has 3 nitrogen and oxygen atoms in total. The lowest BCUT2D eigenvalue weighted by atomic mass is 10.0. The summed E-state index contributed by atoms with van der Waals surface area (Å²) in [6.07, 6.45) is 0. The first-order chi connectivity index (χ1) is 9.90. The Morgan fingerprint density at radius 1 is 1.29 bits per heavy atom. The highest BCUT2D eigenvalue weighted by Crippen LogP contribution is 2.26. The van der Waals surface area contributed by atoms with Crippen molar-refractivity contribution in [2.45, 2.75) is 32.4 Å². The number of rotatable bonds is 5. The molecule has 1 atom stereocenters. The van der Waals surface area contributed by atoms with Crippen LogP contribution >= 0.6 is 23.2 Å². The lowest BCUT2D eigenvalue weighted by molar-refractivity contribution is -0.0102. The minimum absolute atomic E-state index is 0.0864. The Morgan fingerprint density at radius 2 is 1.95 bits per heavy atom. The Kier molecular flexibility index (Phi) is 5.92. The van der Waals surface area contributed by atoms with Crippen LogP contribution in [0.5, 0.6) is 0 Å². The second kappa shape index (κ2) is 7.30. The first-order valence-corrected chi connectivity index (χ1v) is 8.17. The highest BCUT2D eigenvalue weighted by molar-refractivity contribution is 6.33. The van der Waals surface area contributed by atoms with Gasteiger partial charge in [-0.05, 0) is 44.5 Å². The molecule has 1 N–H and O–H groups in total. The molecular formula is C16H24Cl2N2O. The highest BCUT2D eigenvalue weighted by Gasteiger charge is 2.28. The molecule has 1 aliphatic heterocycles. The van der Waals surface area contributed by atoms with Crippen molar-refractivity contribution in [2.24, 2.45) is 0 Å². The van der Waals surface area contributed by atoms with Crippen molar-refractivity contribution in [3.8, 4) is 0 Å². The van der Waals surface area contributed by atoms with Crippen LogP contribution in [-0.2, 0) is 4.74 Å². The fourth-order valence-electron chi connectivity index (χ4n) is 2.64. The van der Waals surface area contributed by atoms with E-state index in [1.807, 2.05) is 18.2 Å². The van der Waals surface area contributed by atoms with E-state index in [2.05, 4.69) is 31.0 Å². The number of nitrogens with zero attached hydrogens (tertiary/aromatic N) is 1. The average Bonchev–Trinajstić information content (AvgIpc) is 2.48. The number of benzene rings is 1. The van der Waals surface area contributed by atoms with Crippen LogP contribution in [0, 0.1) is 0 Å². The summed E-state index contributed by atoms with van der Waals surface area (Å²) in [5.41, 5.74) is 1.13. The van der Waals surface area contributed by atoms with E-state index in [0.29, 0.717) is 0 Å². The molecule has 5 heteroatoms. The second-order valence-corrected chi connectivity index (χ2v) is 7.02. The van der Waals surface area contributed by atoms with Crippen LogP contribution in [-0.4, -0.2) is 43.3 Å². The maximum Gasteiger partial charge on any atom is 0.0594 e. The van der Waals surface area contributed by atoms with Crippen molar-refractivity contribution in [2.75, 3.05) is 32.8 Å². The Balaban J connectivity index is 1.96. The summed E-state index contributed by atoms with van der Waals surface area (Å²) in [4.78, 5) is 2.47. The summed E-state index contributed by atoms with van der Waals surface area (Å²) in [5, 5.41) is 5.05. The van der Waals surface area contributed by atoms with Crippen LogP contribution in [0.1, 0.15) is 32.4 Å². The van der Waals surface area contributed by atoms with Gasteiger partial charge in [-0.25, -0.2) is 0 Å². The Labute approximate surface area is 137 Å². The molecule has 1 aromatic carbocycles. The van der Waals surface area contributed by atoms with Crippen LogP contribution in [0.2, 0.25) is 10.0 Å². The molecule has 21 heavy (non-hydrogen) atoms. The molecule has 0 radical (unpaired) electrons. The second-order valence-electron chi connectivity index (χ2n) is 6.18. The molecule has 1 aromatic rings. The quantitative estimate of drug-likeness (QED) is 0.889. The molecule has 118 valence electrons. The summed E-state index contributed by atoms with van der Waals surface area (Å²) in [5.74, 6) is 0. The van der Waals surface area contributed by atoms with E-state index in [-0.39, 0.29) is 11.6 Å². The maximum absolute atomic E-state index is 6.26. The van der Waals surface area contributed by atoms with Gasteiger partial charge in [-0.15, -0.1) is 0 Å². The van der Waals surface area contributed by atoms with Gasteiger partial charge in [0, 0.05) is 41.3 Å². The van der Waals surface area contributed by atoms with Crippen molar-refractivity contribution in [1.29, 1.82) is 0 Å². The third-order valence-electron chi connectivity index (χ3n) is 4.13. The van der Waals surface area contributed by atoms with Gasteiger partial charge in [-0.1, -0.05) is 23.2 Å². The molecular weight excluding hydrogens is 307 g/mol. The normalized spacial score (nSPS) is 18.7. The number of hydrogen-bond acceptors (Lipinski definition) is 3. The summed E-state index contributed by atoms with van der Waals surface area (Å²) in [7, 11) is 0. The number of halogens is 2. The summed E-state index contributed by atoms with van der Waals surface area (Å²) >= 11 is 12.3. The molecule has 0 spiro atoms. The van der Waals surface area contributed by atoms with Gasteiger partial charge in [0.15, 0.2) is 0 Å². The molecule has 1 fully saturated rings. The van der Waals surface area contributed by atoms with Gasteiger partial charge in [0.25, 0.3) is 0 Å². The van der Waals surface area contributed by atoms with E-state index < -0.39 is 0 Å². The molecule has 0 bridgehead atoms. The summed E-state index contributed by atoms with van der Waals surface area (Å²) in [6, 6.07) is 5.77. The van der Waals surface area contributed by atoms with Gasteiger partial charge in [-0.2, -0.15) is 0 Å². The summed E-state index contributed by atoms with van der Waals surface area (Å²) < 4.78 is 5.42. The van der Waals surface area contributed by atoms with Crippen LogP contribution in [0.25, 0.3) is 0 Å². The van der Waals surface area contributed by atoms with Gasteiger partial charge in [0.05, 0.1) is 13.2 Å². The summed E-state index contributed by atoms with van der Waals surface area (Å²) in [6.45, 7) is 11.1. The Hall–Kier alpha value is -0.320. The Bertz CT molecular complexity index is 473. The molecule has 0 aromatic heterocycles. The number of ether oxygens (including phenoxy) is 1. The maximum atomic E-state index is 6.26. The molecule has 1 aliphatic rings. The van der Waals surface area contributed by atoms with E-state index in [4.69, 9.17) is 27.9 Å². The lowest BCUT2D eigenvalue weighted by Gasteiger charge is -2.41. The van der Waals surface area contributed by atoms with Crippen molar-refractivity contribution in [3.05, 3.63) is 33.8 Å². The highest BCUT2D eigenvalue weighted by atomic mass is 35.5. The smallest absolute Gasteiger partial charge is 0.0594 e. The molecule has 2 rings (SSSR count). The molecule has 1 unspecified atom stereocenters. The third kappa shape index (κ3) is 4.57. The van der Waals surface area contributed by atoms with Crippen molar-refractivity contribution in [3.63, 3.8) is 0 Å². The molecule has 1 saturated heterocycles. The van der Waals surface area contributed by atoms with Crippen molar-refractivity contribution < 1.29 is 4.74 Å². The van der Waals surface area contributed by atoms with E-state index in [1.165, 1.54) is 0 Å². The predicted molar refractivity (Wildman–Crippen MR) is 89.4 cm³/mol. The van der Waals surface area contributed by atoms with Crippen LogP contribution in [0.4, 0.5) is 0 Å². The zero-order chi connectivity index (χ0) is 15.5. The number of nitrogens with one attached hydrogen (secondary N) is 1. The first-order valence-electron chi connectivity index (χ1n) is 7.41. The Morgan fingerprint density at radius 3 is 2.62 bits per heavy atom. The van der Waals surface area contributed by atoms with Gasteiger partial charge in [0.1, 0.15) is 0 Å². The zero-order valence-corrected chi connectivity index (χ0v) is 14.5. The van der Waals surface area contributed by atoms with Gasteiger partial charge < -0.3 is 10.1 Å². The molecule has 0 aliphatic carbocycles. The standard InChI is InChI=1S/C16H24Cl2N2O/c1-12(14-10-13(17)4-5-15(14)18)19-11-16(2,3)20-6-8-21-9-7-20/h4-5,10,12,19H,6-9,11H2,1-3H3. The minimum atomic E-state index is 0.0864. The fraction of sp³-hybridized carbons (Fsp3) is 0.625. The monoisotopic (exact) mass is 330 g/mol. The third-order valence-corrected chi connectivity index (χ3v) is 4.71. The van der Waals surface area contributed by atoms with Crippen molar-refractivity contribution in [1.82, 2.24) is 10.2 Å². The zero-order valence-electron chi connectivity index (χ0n) is 13.0.